The first-order valence-electron chi connectivity index (χ1n) is 9.40. The van der Waals surface area contributed by atoms with E-state index in [0.29, 0.717) is 18.9 Å². The van der Waals surface area contributed by atoms with E-state index in [1.54, 1.807) is 7.05 Å². The first kappa shape index (κ1) is 21.0. The molecule has 0 saturated carbocycles. The zero-order valence-corrected chi connectivity index (χ0v) is 18.2. The molecular formula is C18H31IN6O. The molecule has 0 spiro atoms. The molecular weight excluding hydrogens is 443 g/mol. The summed E-state index contributed by atoms with van der Waals surface area (Å²) in [6, 6.07) is 0. The lowest BCUT2D eigenvalue weighted by Gasteiger charge is -2.34. The number of hydrogen-bond acceptors (Lipinski definition) is 3. The van der Waals surface area contributed by atoms with Crippen molar-refractivity contribution >= 4 is 35.8 Å². The van der Waals surface area contributed by atoms with Gasteiger partial charge in [0, 0.05) is 52.8 Å². The van der Waals surface area contributed by atoms with Crippen LogP contribution in [0.3, 0.4) is 0 Å². The van der Waals surface area contributed by atoms with Gasteiger partial charge in [0.25, 0.3) is 0 Å². The van der Waals surface area contributed by atoms with Crippen molar-refractivity contribution in [3.05, 3.63) is 17.7 Å². The van der Waals surface area contributed by atoms with Gasteiger partial charge in [0.15, 0.2) is 5.96 Å². The van der Waals surface area contributed by atoms with Crippen molar-refractivity contribution in [1.82, 2.24) is 25.1 Å². The van der Waals surface area contributed by atoms with Crippen molar-refractivity contribution < 1.29 is 4.79 Å². The lowest BCUT2D eigenvalue weighted by atomic mass is 9.93. The van der Waals surface area contributed by atoms with Gasteiger partial charge in [-0.1, -0.05) is 0 Å². The van der Waals surface area contributed by atoms with Crippen LogP contribution in [0, 0.1) is 5.92 Å². The average molecular weight is 474 g/mol. The normalized spacial score (nSPS) is 18.1. The summed E-state index contributed by atoms with van der Waals surface area (Å²) in [6.07, 6.45) is 8.47. The fourth-order valence-electron chi connectivity index (χ4n) is 3.77. The highest BCUT2D eigenvalue weighted by Crippen LogP contribution is 2.20. The number of fused-ring (bicyclic) bond motifs is 1. The van der Waals surface area contributed by atoms with Gasteiger partial charge in [-0.05, 0) is 31.6 Å². The number of halogens is 1. The highest BCUT2D eigenvalue weighted by atomic mass is 127. The van der Waals surface area contributed by atoms with Crippen molar-refractivity contribution in [3.8, 4) is 0 Å². The van der Waals surface area contributed by atoms with E-state index in [0.717, 1.165) is 50.6 Å². The Hall–Kier alpha value is -1.32. The van der Waals surface area contributed by atoms with E-state index in [1.807, 2.05) is 7.05 Å². The van der Waals surface area contributed by atoms with Crippen molar-refractivity contribution in [2.45, 2.75) is 51.6 Å². The van der Waals surface area contributed by atoms with Gasteiger partial charge in [-0.2, -0.15) is 0 Å². The van der Waals surface area contributed by atoms with Gasteiger partial charge >= 0.3 is 0 Å². The summed E-state index contributed by atoms with van der Waals surface area (Å²) in [5.41, 5.74) is 1.09. The molecule has 3 rings (SSSR count). The van der Waals surface area contributed by atoms with E-state index in [-0.39, 0.29) is 29.9 Å². The predicted molar refractivity (Wildman–Crippen MR) is 114 cm³/mol. The van der Waals surface area contributed by atoms with E-state index >= 15 is 0 Å². The molecule has 0 aromatic carbocycles. The van der Waals surface area contributed by atoms with Crippen LogP contribution in [0.4, 0.5) is 0 Å². The van der Waals surface area contributed by atoms with Crippen LogP contribution in [0.25, 0.3) is 0 Å². The smallest absolute Gasteiger partial charge is 0.220 e. The number of amides is 1. The van der Waals surface area contributed by atoms with E-state index in [9.17, 15) is 4.79 Å². The molecule has 7 nitrogen and oxygen atoms in total. The summed E-state index contributed by atoms with van der Waals surface area (Å²) in [7, 11) is 3.54. The molecule has 2 aliphatic heterocycles. The van der Waals surface area contributed by atoms with E-state index in [4.69, 9.17) is 4.98 Å². The standard InChI is InChI=1S/C18H30N6O.HI/c1-19-17(25)11-14-6-9-23(10-7-14)18(20-2)21-12-15-13-24-8-4-3-5-16(24)22-15;/h13-14H,3-12H2,1-2H3,(H,19,25)(H,20,21);1H. The number of aliphatic imine (C=N–C) groups is 1. The van der Waals surface area contributed by atoms with E-state index in [1.165, 1.54) is 18.7 Å². The summed E-state index contributed by atoms with van der Waals surface area (Å²) in [5, 5.41) is 6.17. The molecule has 2 aliphatic rings. The maximum absolute atomic E-state index is 11.5. The molecule has 2 N–H and O–H groups in total. The summed E-state index contributed by atoms with van der Waals surface area (Å²) < 4.78 is 2.29. The molecule has 26 heavy (non-hydrogen) atoms. The molecule has 1 aromatic rings. The number of guanidine groups is 1. The van der Waals surface area contributed by atoms with Crippen LogP contribution in [0.2, 0.25) is 0 Å². The molecule has 3 heterocycles. The second kappa shape index (κ2) is 10.1. The van der Waals surface area contributed by atoms with Gasteiger partial charge in [-0.15, -0.1) is 24.0 Å². The number of carbonyl (C=O) groups excluding carboxylic acids is 1. The quantitative estimate of drug-likeness (QED) is 0.397. The number of rotatable bonds is 4. The SMILES string of the molecule is CN=C(NCc1cn2c(n1)CCCC2)N1CCC(CC(=O)NC)CC1.I. The number of carbonyl (C=O) groups is 1. The molecule has 1 saturated heterocycles. The minimum atomic E-state index is 0. The molecule has 0 bridgehead atoms. The molecule has 1 amide bonds. The molecule has 8 heteroatoms. The highest BCUT2D eigenvalue weighted by Gasteiger charge is 2.23. The molecule has 0 atom stereocenters. The molecule has 1 fully saturated rings. The van der Waals surface area contributed by atoms with E-state index in [2.05, 4.69) is 31.3 Å². The number of aryl methyl sites for hydroxylation is 2. The van der Waals surface area contributed by atoms with Crippen molar-refractivity contribution in [3.63, 3.8) is 0 Å². The summed E-state index contributed by atoms with van der Waals surface area (Å²) in [6.45, 7) is 3.70. The van der Waals surface area contributed by atoms with Crippen molar-refractivity contribution in [2.24, 2.45) is 10.9 Å². The zero-order valence-electron chi connectivity index (χ0n) is 15.8. The number of aromatic nitrogens is 2. The number of nitrogens with one attached hydrogen (secondary N) is 2. The summed E-state index contributed by atoms with van der Waals surface area (Å²) in [4.78, 5) is 23.0. The van der Waals surface area contributed by atoms with Crippen LogP contribution in [0.5, 0.6) is 0 Å². The number of piperidine rings is 1. The maximum Gasteiger partial charge on any atom is 0.220 e. The minimum absolute atomic E-state index is 0. The third kappa shape index (κ3) is 5.34. The van der Waals surface area contributed by atoms with Gasteiger partial charge in [0.1, 0.15) is 5.82 Å². The lowest BCUT2D eigenvalue weighted by molar-refractivity contribution is -0.121. The third-order valence-electron chi connectivity index (χ3n) is 5.26. The van der Waals surface area contributed by atoms with Gasteiger partial charge in [0.2, 0.25) is 5.91 Å². The zero-order chi connectivity index (χ0) is 17.6. The Labute approximate surface area is 173 Å². The first-order chi connectivity index (χ1) is 12.2. The van der Waals surface area contributed by atoms with Gasteiger partial charge in [-0.3, -0.25) is 9.79 Å². The van der Waals surface area contributed by atoms with E-state index < -0.39 is 0 Å². The summed E-state index contributed by atoms with van der Waals surface area (Å²) in [5.74, 6) is 2.77. The average Bonchev–Trinajstić information content (AvgIpc) is 3.06. The van der Waals surface area contributed by atoms with Crippen molar-refractivity contribution in [2.75, 3.05) is 27.2 Å². The van der Waals surface area contributed by atoms with Crippen LogP contribution in [0.15, 0.2) is 11.2 Å². The number of nitrogens with zero attached hydrogens (tertiary/aromatic N) is 4. The highest BCUT2D eigenvalue weighted by molar-refractivity contribution is 14.0. The molecule has 1 aromatic heterocycles. The maximum atomic E-state index is 11.5. The van der Waals surface area contributed by atoms with Gasteiger partial charge < -0.3 is 20.1 Å². The molecule has 0 unspecified atom stereocenters. The molecule has 0 aliphatic carbocycles. The number of hydrogen-bond donors (Lipinski definition) is 2. The third-order valence-corrected chi connectivity index (χ3v) is 5.26. The van der Waals surface area contributed by atoms with Crippen molar-refractivity contribution in [1.29, 1.82) is 0 Å². The second-order valence-electron chi connectivity index (χ2n) is 7.01. The molecule has 0 radical (unpaired) electrons. The number of likely N-dealkylation sites (tertiary alicyclic amines) is 1. The predicted octanol–water partition coefficient (Wildman–Crippen LogP) is 1.76. The fraction of sp³-hybridized carbons (Fsp3) is 0.722. The second-order valence-corrected chi connectivity index (χ2v) is 7.01. The van der Waals surface area contributed by atoms with Crippen LogP contribution in [-0.2, 0) is 24.3 Å². The van der Waals surface area contributed by atoms with Gasteiger partial charge in [0.05, 0.1) is 12.2 Å². The molecule has 146 valence electrons. The monoisotopic (exact) mass is 474 g/mol. The van der Waals surface area contributed by atoms with Crippen LogP contribution >= 0.6 is 24.0 Å². The Kier molecular flexibility index (Phi) is 8.17. The Morgan fingerprint density at radius 3 is 2.73 bits per heavy atom. The van der Waals surface area contributed by atoms with Crippen LogP contribution < -0.4 is 10.6 Å². The topological polar surface area (TPSA) is 74.5 Å². The van der Waals surface area contributed by atoms with Gasteiger partial charge in [-0.25, -0.2) is 4.98 Å². The lowest BCUT2D eigenvalue weighted by Crippen LogP contribution is -2.45. The fourth-order valence-corrected chi connectivity index (χ4v) is 3.77. The van der Waals surface area contributed by atoms with Crippen LogP contribution in [-0.4, -0.2) is 53.5 Å². The first-order valence-corrected chi connectivity index (χ1v) is 9.40. The largest absolute Gasteiger partial charge is 0.359 e. The summed E-state index contributed by atoms with van der Waals surface area (Å²) >= 11 is 0. The number of imidazole rings is 1. The Balaban J connectivity index is 0.00000243. The Morgan fingerprint density at radius 1 is 1.31 bits per heavy atom. The minimum Gasteiger partial charge on any atom is -0.359 e. The Bertz CT molecular complexity index is 598. The van der Waals surface area contributed by atoms with Crippen LogP contribution in [0.1, 0.15) is 43.6 Å². The Morgan fingerprint density at radius 2 is 2.08 bits per heavy atom.